The highest BCUT2D eigenvalue weighted by atomic mass is 35.5. The number of halogens is 2. The van der Waals surface area contributed by atoms with Gasteiger partial charge in [-0.3, -0.25) is 4.79 Å². The lowest BCUT2D eigenvalue weighted by atomic mass is 10.0. The van der Waals surface area contributed by atoms with Gasteiger partial charge in [0.15, 0.2) is 5.13 Å². The maximum Gasteiger partial charge on any atom is 0.269 e. The molecule has 2 N–H and O–H groups in total. The number of H-pyrrole nitrogens is 1. The van der Waals surface area contributed by atoms with Gasteiger partial charge in [-0.05, 0) is 23.3 Å². The molecule has 2 aliphatic rings. The van der Waals surface area contributed by atoms with Crippen LogP contribution < -0.4 is 10.2 Å². The highest BCUT2D eigenvalue weighted by Crippen LogP contribution is 2.47. The first-order chi connectivity index (χ1) is 16.0. The van der Waals surface area contributed by atoms with Crippen LogP contribution in [0.3, 0.4) is 0 Å². The Hall–Kier alpha value is -2.54. The van der Waals surface area contributed by atoms with Crippen molar-refractivity contribution in [3.8, 4) is 0 Å². The van der Waals surface area contributed by atoms with Crippen LogP contribution in [-0.4, -0.2) is 35.0 Å². The maximum atomic E-state index is 12.6. The quantitative estimate of drug-likeness (QED) is 0.372. The monoisotopic (exact) mass is 496 g/mol. The molecule has 33 heavy (non-hydrogen) atoms. The molecule has 1 unspecified atom stereocenters. The van der Waals surface area contributed by atoms with Crippen LogP contribution in [0.15, 0.2) is 47.8 Å². The number of anilines is 1. The Bertz CT molecular complexity index is 1370. The van der Waals surface area contributed by atoms with Crippen molar-refractivity contribution in [1.82, 2.24) is 15.3 Å². The second-order valence-corrected chi connectivity index (χ2v) is 10.6. The zero-order valence-electron chi connectivity index (χ0n) is 17.9. The van der Waals surface area contributed by atoms with Crippen molar-refractivity contribution in [3.05, 3.63) is 80.5 Å². The third kappa shape index (κ3) is 3.80. The molecule has 4 aromatic rings. The molecule has 1 aliphatic carbocycles. The van der Waals surface area contributed by atoms with Crippen molar-refractivity contribution in [2.24, 2.45) is 11.8 Å². The average molecular weight is 497 g/mol. The fourth-order valence-corrected chi connectivity index (χ4v) is 6.19. The number of thiazole rings is 1. The smallest absolute Gasteiger partial charge is 0.269 e. The Morgan fingerprint density at radius 3 is 2.64 bits per heavy atom. The van der Waals surface area contributed by atoms with Crippen LogP contribution in [0.2, 0.25) is 10.0 Å². The Kier molecular flexibility index (Phi) is 5.13. The van der Waals surface area contributed by atoms with Crippen LogP contribution in [0.4, 0.5) is 5.13 Å². The molecule has 2 aromatic heterocycles. The van der Waals surface area contributed by atoms with E-state index in [1.54, 1.807) is 18.3 Å². The summed E-state index contributed by atoms with van der Waals surface area (Å²) >= 11 is 14.0. The standard InChI is InChI=1S/C25H22Cl2N4OS/c1-13-20(26)21(27)23(28-13)24(32)30-22-18-10-31(11-19(18)22)25-29-17(12-33-25)9-14-6-7-15-4-2-3-5-16(15)8-14/h2-8,12,18-19,22,28H,9-11H2,1H3,(H,30,32)/t18-,19+,22?. The second kappa shape index (κ2) is 8.05. The van der Waals surface area contributed by atoms with Gasteiger partial charge in [-0.2, -0.15) is 0 Å². The lowest BCUT2D eigenvalue weighted by Gasteiger charge is -2.19. The van der Waals surface area contributed by atoms with Gasteiger partial charge < -0.3 is 15.2 Å². The summed E-state index contributed by atoms with van der Waals surface area (Å²) in [6.45, 7) is 3.63. The average Bonchev–Trinajstić information content (AvgIpc) is 3.20. The number of rotatable bonds is 5. The van der Waals surface area contributed by atoms with Crippen LogP contribution in [0.1, 0.15) is 27.4 Å². The first-order valence-electron chi connectivity index (χ1n) is 11.0. The number of nitrogens with zero attached hydrogens (tertiary/aromatic N) is 2. The third-order valence-corrected chi connectivity index (χ3v) is 8.68. The van der Waals surface area contributed by atoms with Crippen LogP contribution >= 0.6 is 34.5 Å². The summed E-state index contributed by atoms with van der Waals surface area (Å²) in [6, 6.07) is 15.2. The number of aromatic nitrogens is 2. The number of nitrogens with one attached hydrogen (secondary N) is 2. The zero-order chi connectivity index (χ0) is 22.7. The van der Waals surface area contributed by atoms with Crippen molar-refractivity contribution >= 4 is 56.3 Å². The van der Waals surface area contributed by atoms with E-state index in [1.165, 1.54) is 16.3 Å². The summed E-state index contributed by atoms with van der Waals surface area (Å²) in [7, 11) is 0. The zero-order valence-corrected chi connectivity index (χ0v) is 20.3. The normalized spacial score (nSPS) is 21.4. The SMILES string of the molecule is Cc1[nH]c(C(=O)NC2[C@H]3CN(c4nc(Cc5ccc6ccccc6c5)cs4)C[C@@H]23)c(Cl)c1Cl. The molecule has 6 rings (SSSR count). The summed E-state index contributed by atoms with van der Waals surface area (Å²) < 4.78 is 0. The van der Waals surface area contributed by atoms with Crippen molar-refractivity contribution in [2.45, 2.75) is 19.4 Å². The van der Waals surface area contributed by atoms with E-state index in [9.17, 15) is 4.79 Å². The van der Waals surface area contributed by atoms with Gasteiger partial charge in [0, 0.05) is 48.5 Å². The molecule has 1 amide bonds. The van der Waals surface area contributed by atoms with Gasteiger partial charge >= 0.3 is 0 Å². The minimum Gasteiger partial charge on any atom is -0.352 e. The molecule has 1 aliphatic heterocycles. The molecule has 8 heteroatoms. The van der Waals surface area contributed by atoms with Crippen molar-refractivity contribution < 1.29 is 4.79 Å². The Morgan fingerprint density at radius 2 is 1.91 bits per heavy atom. The van der Waals surface area contributed by atoms with Gasteiger partial charge in [-0.1, -0.05) is 65.7 Å². The second-order valence-electron chi connectivity index (χ2n) is 8.96. The number of carbonyl (C=O) groups excluding carboxylic acids is 1. The number of amides is 1. The van der Waals surface area contributed by atoms with E-state index in [4.69, 9.17) is 28.2 Å². The van der Waals surface area contributed by atoms with E-state index >= 15 is 0 Å². The van der Waals surface area contributed by atoms with E-state index < -0.39 is 0 Å². The Balaban J connectivity index is 1.07. The Morgan fingerprint density at radius 1 is 1.15 bits per heavy atom. The number of aromatic amines is 1. The number of aryl methyl sites for hydroxylation is 1. The number of hydrogen-bond donors (Lipinski definition) is 2. The van der Waals surface area contributed by atoms with Crippen LogP contribution in [0, 0.1) is 18.8 Å². The first-order valence-corrected chi connectivity index (χ1v) is 12.6. The summed E-state index contributed by atoms with van der Waals surface area (Å²) in [6.07, 6.45) is 0.833. The van der Waals surface area contributed by atoms with Gasteiger partial charge in [0.2, 0.25) is 0 Å². The summed E-state index contributed by atoms with van der Waals surface area (Å²) in [4.78, 5) is 22.8. The summed E-state index contributed by atoms with van der Waals surface area (Å²) in [5.41, 5.74) is 3.43. The molecule has 2 fully saturated rings. The van der Waals surface area contributed by atoms with Crippen LogP contribution in [0.25, 0.3) is 10.8 Å². The molecule has 0 spiro atoms. The molecule has 3 heterocycles. The van der Waals surface area contributed by atoms with Crippen LogP contribution in [-0.2, 0) is 6.42 Å². The summed E-state index contributed by atoms with van der Waals surface area (Å²) in [5, 5.41) is 9.57. The topological polar surface area (TPSA) is 61.0 Å². The molecule has 2 aromatic carbocycles. The van der Waals surface area contributed by atoms with Crippen molar-refractivity contribution in [3.63, 3.8) is 0 Å². The predicted octanol–water partition coefficient (Wildman–Crippen LogP) is 5.70. The highest BCUT2D eigenvalue weighted by molar-refractivity contribution is 7.13. The number of benzene rings is 2. The van der Waals surface area contributed by atoms with E-state index in [-0.39, 0.29) is 11.9 Å². The number of carbonyl (C=O) groups is 1. The van der Waals surface area contributed by atoms with E-state index in [2.05, 4.69) is 63.0 Å². The minimum atomic E-state index is -0.187. The van der Waals surface area contributed by atoms with Crippen molar-refractivity contribution in [1.29, 1.82) is 0 Å². The van der Waals surface area contributed by atoms with Gasteiger partial charge in [-0.25, -0.2) is 4.98 Å². The van der Waals surface area contributed by atoms with Gasteiger partial charge in [0.1, 0.15) is 5.69 Å². The predicted molar refractivity (Wildman–Crippen MR) is 135 cm³/mol. The van der Waals surface area contributed by atoms with E-state index in [0.29, 0.717) is 33.3 Å². The summed E-state index contributed by atoms with van der Waals surface area (Å²) in [5.74, 6) is 0.715. The molecule has 168 valence electrons. The lowest BCUT2D eigenvalue weighted by Crippen LogP contribution is -2.34. The maximum absolute atomic E-state index is 12.6. The van der Waals surface area contributed by atoms with E-state index in [0.717, 1.165) is 30.3 Å². The van der Waals surface area contributed by atoms with Crippen molar-refractivity contribution in [2.75, 3.05) is 18.0 Å². The van der Waals surface area contributed by atoms with Gasteiger partial charge in [-0.15, -0.1) is 11.3 Å². The molecule has 1 saturated carbocycles. The number of fused-ring (bicyclic) bond motifs is 2. The van der Waals surface area contributed by atoms with Gasteiger partial charge in [0.05, 0.1) is 15.7 Å². The van der Waals surface area contributed by atoms with Gasteiger partial charge in [0.25, 0.3) is 5.91 Å². The molecular formula is C25H22Cl2N4OS. The molecule has 0 bridgehead atoms. The molecule has 5 nitrogen and oxygen atoms in total. The number of piperidine rings is 1. The minimum absolute atomic E-state index is 0.184. The lowest BCUT2D eigenvalue weighted by molar-refractivity contribution is 0.0942. The Labute approximate surface area is 205 Å². The number of hydrogen-bond acceptors (Lipinski definition) is 4. The van der Waals surface area contributed by atoms with E-state index in [1.807, 2.05) is 0 Å². The molecule has 0 radical (unpaired) electrons. The molecule has 3 atom stereocenters. The fourth-order valence-electron chi connectivity index (χ4n) is 4.93. The fraction of sp³-hybridized carbons (Fsp3) is 0.280. The molecule has 1 saturated heterocycles. The highest BCUT2D eigenvalue weighted by Gasteiger charge is 2.57. The van der Waals surface area contributed by atoms with Crippen LogP contribution in [0.5, 0.6) is 0 Å². The molecular weight excluding hydrogens is 475 g/mol. The first kappa shape index (κ1) is 21.0. The largest absolute Gasteiger partial charge is 0.352 e. The third-order valence-electron chi connectivity index (χ3n) is 6.78.